The summed E-state index contributed by atoms with van der Waals surface area (Å²) >= 11 is 1.26. The van der Waals surface area contributed by atoms with Gasteiger partial charge in [-0.05, 0) is 6.42 Å². The van der Waals surface area contributed by atoms with Gasteiger partial charge in [0.25, 0.3) is 0 Å². The molecule has 0 saturated carbocycles. The molecule has 1 aromatic heterocycles. The second-order valence-electron chi connectivity index (χ2n) is 5.07. The van der Waals surface area contributed by atoms with Crippen LogP contribution in [0.4, 0.5) is 0 Å². The Balaban J connectivity index is 2.35. The third-order valence-corrected chi connectivity index (χ3v) is 4.04. The molecule has 1 rings (SSSR count). The van der Waals surface area contributed by atoms with Gasteiger partial charge >= 0.3 is 5.97 Å². The van der Waals surface area contributed by atoms with Crippen molar-refractivity contribution in [2.45, 2.75) is 51.5 Å². The molecule has 0 fully saturated rings. The minimum Gasteiger partial charge on any atom is -0.481 e. The fourth-order valence-electron chi connectivity index (χ4n) is 1.96. The molecule has 0 aliphatic heterocycles. The number of thiophene rings is 1. The van der Waals surface area contributed by atoms with E-state index in [1.165, 1.54) is 24.2 Å². The van der Waals surface area contributed by atoms with E-state index in [2.05, 4.69) is 6.92 Å². The van der Waals surface area contributed by atoms with Crippen molar-refractivity contribution < 1.29 is 19.4 Å². The van der Waals surface area contributed by atoms with E-state index in [-0.39, 0.29) is 11.8 Å². The molecular formula is C15H23NO4S. The minimum atomic E-state index is -1.04. The number of nitrogens with two attached hydrogens (primary N) is 1. The molecule has 1 heterocycles. The van der Waals surface area contributed by atoms with E-state index in [4.69, 9.17) is 15.6 Å². The van der Waals surface area contributed by atoms with Crippen LogP contribution < -0.4 is 10.5 Å². The number of carbonyl (C=O) groups excluding carboxylic acids is 1. The number of hydrogen-bond donors (Lipinski definition) is 2. The van der Waals surface area contributed by atoms with E-state index in [9.17, 15) is 9.59 Å². The maximum atomic E-state index is 12.1. The first-order valence-electron chi connectivity index (χ1n) is 7.24. The fourth-order valence-corrected chi connectivity index (χ4v) is 2.74. The molecule has 0 aliphatic rings. The lowest BCUT2D eigenvalue weighted by Crippen LogP contribution is -2.23. The Kier molecular flexibility index (Phi) is 8.00. The van der Waals surface area contributed by atoms with Crippen LogP contribution in [0.2, 0.25) is 0 Å². The number of carboxylic acid groups (broad SMARTS) is 1. The predicted molar refractivity (Wildman–Crippen MR) is 83.1 cm³/mol. The molecule has 118 valence electrons. The van der Waals surface area contributed by atoms with Gasteiger partial charge in [0.15, 0.2) is 12.4 Å². The molecule has 6 heteroatoms. The Morgan fingerprint density at radius 1 is 1.38 bits per heavy atom. The Hall–Kier alpha value is -1.40. The summed E-state index contributed by atoms with van der Waals surface area (Å²) in [7, 11) is 0. The molecule has 0 radical (unpaired) electrons. The molecule has 1 atom stereocenters. The average Bonchev–Trinajstić information content (AvgIpc) is 2.90. The quantitative estimate of drug-likeness (QED) is 0.484. The van der Waals surface area contributed by atoms with Crippen LogP contribution in [0.3, 0.4) is 0 Å². The van der Waals surface area contributed by atoms with Gasteiger partial charge in [-0.25, -0.2) is 4.79 Å². The highest BCUT2D eigenvalue weighted by molar-refractivity contribution is 7.12. The van der Waals surface area contributed by atoms with Gasteiger partial charge in [-0.3, -0.25) is 4.79 Å². The van der Waals surface area contributed by atoms with Crippen LogP contribution in [0.25, 0.3) is 0 Å². The molecule has 0 bridgehead atoms. The molecule has 21 heavy (non-hydrogen) atoms. The van der Waals surface area contributed by atoms with Crippen LogP contribution in [-0.4, -0.2) is 29.5 Å². The van der Waals surface area contributed by atoms with Gasteiger partial charge in [0.1, 0.15) is 5.75 Å². The van der Waals surface area contributed by atoms with Gasteiger partial charge in [0, 0.05) is 23.9 Å². The summed E-state index contributed by atoms with van der Waals surface area (Å²) in [6.07, 6.45) is 5.78. The lowest BCUT2D eigenvalue weighted by Gasteiger charge is -2.09. The molecule has 0 amide bonds. The number of ether oxygens (including phenoxy) is 1. The van der Waals surface area contributed by atoms with Crippen molar-refractivity contribution in [1.29, 1.82) is 0 Å². The normalized spacial score (nSPS) is 12.1. The van der Waals surface area contributed by atoms with Crippen molar-refractivity contribution in [3.05, 3.63) is 16.3 Å². The Morgan fingerprint density at radius 2 is 2.14 bits per heavy atom. The van der Waals surface area contributed by atoms with Gasteiger partial charge in [-0.15, -0.1) is 11.3 Å². The van der Waals surface area contributed by atoms with E-state index in [0.29, 0.717) is 17.0 Å². The highest BCUT2D eigenvalue weighted by Crippen LogP contribution is 2.23. The van der Waals surface area contributed by atoms with Gasteiger partial charge < -0.3 is 15.6 Å². The lowest BCUT2D eigenvalue weighted by molar-refractivity contribution is -0.139. The third-order valence-electron chi connectivity index (χ3n) is 3.09. The Labute approximate surface area is 129 Å². The van der Waals surface area contributed by atoms with Gasteiger partial charge in [-0.1, -0.05) is 32.6 Å². The topological polar surface area (TPSA) is 89.6 Å². The second-order valence-corrected chi connectivity index (χ2v) is 5.98. The maximum Gasteiger partial charge on any atom is 0.341 e. The summed E-state index contributed by atoms with van der Waals surface area (Å²) in [6.45, 7) is 1.76. The molecular weight excluding hydrogens is 290 g/mol. The number of carbonyl (C=O) groups is 2. The standard InChI is InChI=1S/C15H23NO4S/c1-2-3-4-5-6-11(16)7-13(17)14-8-12(10-21-14)20-9-15(18)19/h8,10-11H,2-7,9,16H2,1H3,(H,18,19). The largest absolute Gasteiger partial charge is 0.481 e. The van der Waals surface area contributed by atoms with Gasteiger partial charge in [0.2, 0.25) is 0 Å². The van der Waals surface area contributed by atoms with Crippen molar-refractivity contribution in [3.8, 4) is 5.75 Å². The summed E-state index contributed by atoms with van der Waals surface area (Å²) in [5.41, 5.74) is 5.97. The highest BCUT2D eigenvalue weighted by Gasteiger charge is 2.14. The van der Waals surface area contributed by atoms with Gasteiger partial charge in [-0.2, -0.15) is 0 Å². The van der Waals surface area contributed by atoms with Crippen molar-refractivity contribution in [2.75, 3.05) is 6.61 Å². The first-order chi connectivity index (χ1) is 10.0. The third kappa shape index (κ3) is 7.24. The van der Waals surface area contributed by atoms with E-state index >= 15 is 0 Å². The number of rotatable bonds is 11. The molecule has 0 spiro atoms. The molecule has 0 saturated heterocycles. The second kappa shape index (κ2) is 9.52. The van der Waals surface area contributed by atoms with Crippen molar-refractivity contribution >= 4 is 23.1 Å². The fraction of sp³-hybridized carbons (Fsp3) is 0.600. The predicted octanol–water partition coefficient (Wildman–Crippen LogP) is 3.08. The van der Waals surface area contributed by atoms with E-state index in [0.717, 1.165) is 19.3 Å². The molecule has 1 unspecified atom stereocenters. The number of ketones is 1. The van der Waals surface area contributed by atoms with Crippen LogP contribution in [0.1, 0.15) is 55.1 Å². The van der Waals surface area contributed by atoms with Crippen molar-refractivity contribution in [3.63, 3.8) is 0 Å². The first-order valence-corrected chi connectivity index (χ1v) is 8.12. The maximum absolute atomic E-state index is 12.1. The average molecular weight is 313 g/mol. The highest BCUT2D eigenvalue weighted by atomic mass is 32.1. The number of aliphatic carboxylic acids is 1. The number of Topliss-reactive ketones (excluding diaryl/α,β-unsaturated/α-hetero) is 1. The molecule has 1 aromatic rings. The zero-order valence-corrected chi connectivity index (χ0v) is 13.2. The number of hydrogen-bond acceptors (Lipinski definition) is 5. The zero-order valence-electron chi connectivity index (χ0n) is 12.3. The number of carboxylic acids is 1. The van der Waals surface area contributed by atoms with Crippen LogP contribution in [-0.2, 0) is 4.79 Å². The molecule has 0 aromatic carbocycles. The minimum absolute atomic E-state index is 0.00633. The summed E-state index contributed by atoms with van der Waals surface area (Å²) < 4.78 is 5.02. The van der Waals surface area contributed by atoms with E-state index < -0.39 is 12.6 Å². The first kappa shape index (κ1) is 17.7. The summed E-state index contributed by atoms with van der Waals surface area (Å²) in [4.78, 5) is 23.0. The Bertz CT molecular complexity index is 458. The van der Waals surface area contributed by atoms with Gasteiger partial charge in [0.05, 0.1) is 4.88 Å². The summed E-state index contributed by atoms with van der Waals surface area (Å²) in [6, 6.07) is 1.47. The van der Waals surface area contributed by atoms with E-state index in [1.54, 1.807) is 11.4 Å². The SMILES string of the molecule is CCCCCCC(N)CC(=O)c1cc(OCC(=O)O)cs1. The lowest BCUT2D eigenvalue weighted by atomic mass is 10.0. The molecule has 0 aliphatic carbocycles. The number of unbranched alkanes of at least 4 members (excludes halogenated alkanes) is 3. The van der Waals surface area contributed by atoms with Crippen LogP contribution in [0.5, 0.6) is 5.75 Å². The smallest absolute Gasteiger partial charge is 0.341 e. The summed E-state index contributed by atoms with van der Waals surface area (Å²) in [5.74, 6) is -0.626. The van der Waals surface area contributed by atoms with Crippen molar-refractivity contribution in [2.24, 2.45) is 5.73 Å². The summed E-state index contributed by atoms with van der Waals surface area (Å²) in [5, 5.41) is 10.2. The molecule has 5 nitrogen and oxygen atoms in total. The monoisotopic (exact) mass is 313 g/mol. The van der Waals surface area contributed by atoms with Crippen molar-refractivity contribution in [1.82, 2.24) is 0 Å². The molecule has 3 N–H and O–H groups in total. The van der Waals surface area contributed by atoms with Crippen LogP contribution in [0.15, 0.2) is 11.4 Å². The Morgan fingerprint density at radius 3 is 2.81 bits per heavy atom. The van der Waals surface area contributed by atoms with Crippen LogP contribution >= 0.6 is 11.3 Å². The van der Waals surface area contributed by atoms with Crippen LogP contribution in [0, 0.1) is 0 Å². The van der Waals surface area contributed by atoms with E-state index in [1.807, 2.05) is 0 Å². The zero-order chi connectivity index (χ0) is 15.7.